The minimum Gasteiger partial charge on any atom is -0.359 e. The topological polar surface area (TPSA) is 45.6 Å². The number of fused-ring (bicyclic) bond motifs is 1. The van der Waals surface area contributed by atoms with E-state index in [4.69, 9.17) is 0 Å². The monoisotopic (exact) mass is 316 g/mol. The van der Waals surface area contributed by atoms with Crippen LogP contribution >= 0.6 is 0 Å². The predicted molar refractivity (Wildman–Crippen MR) is 97.1 cm³/mol. The van der Waals surface area contributed by atoms with E-state index in [2.05, 4.69) is 63.2 Å². The van der Waals surface area contributed by atoms with Crippen molar-refractivity contribution in [1.29, 1.82) is 0 Å². The van der Waals surface area contributed by atoms with Crippen molar-refractivity contribution in [1.82, 2.24) is 19.9 Å². The molecule has 4 rings (SSSR count). The van der Waals surface area contributed by atoms with Gasteiger partial charge in [0.15, 0.2) is 0 Å². The van der Waals surface area contributed by atoms with E-state index in [9.17, 15) is 0 Å². The van der Waals surface area contributed by atoms with Crippen molar-refractivity contribution in [3.05, 3.63) is 84.1 Å². The maximum atomic E-state index is 4.48. The summed E-state index contributed by atoms with van der Waals surface area (Å²) in [6, 6.07) is 18.9. The van der Waals surface area contributed by atoms with Gasteiger partial charge in [0.2, 0.25) is 0 Å². The average molecular weight is 316 g/mol. The number of nitrogens with one attached hydrogen (secondary N) is 2. The second-order valence-electron chi connectivity index (χ2n) is 5.98. The summed E-state index contributed by atoms with van der Waals surface area (Å²) >= 11 is 0. The number of aromatic amines is 1. The van der Waals surface area contributed by atoms with Crippen LogP contribution in [0.15, 0.2) is 67.0 Å². The molecule has 0 atom stereocenters. The Morgan fingerprint density at radius 3 is 2.79 bits per heavy atom. The summed E-state index contributed by atoms with van der Waals surface area (Å²) in [5.74, 6) is 1.01. The highest BCUT2D eigenvalue weighted by atomic mass is 15.1. The fourth-order valence-corrected chi connectivity index (χ4v) is 3.11. The number of imidazole rings is 1. The van der Waals surface area contributed by atoms with Gasteiger partial charge >= 0.3 is 0 Å². The number of hydrogen-bond acceptors (Lipinski definition) is 2. The number of H-pyrrole nitrogens is 1. The molecule has 120 valence electrons. The second kappa shape index (κ2) is 6.34. The van der Waals surface area contributed by atoms with Gasteiger partial charge in [0.1, 0.15) is 5.82 Å². The number of aryl methyl sites for hydroxylation is 1. The molecule has 0 spiro atoms. The summed E-state index contributed by atoms with van der Waals surface area (Å²) in [6.07, 6.45) is 3.85. The first kappa shape index (κ1) is 14.7. The van der Waals surface area contributed by atoms with Crippen LogP contribution in [-0.4, -0.2) is 14.5 Å². The van der Waals surface area contributed by atoms with Crippen molar-refractivity contribution < 1.29 is 0 Å². The van der Waals surface area contributed by atoms with Crippen molar-refractivity contribution in [2.24, 2.45) is 0 Å². The van der Waals surface area contributed by atoms with Gasteiger partial charge in [-0.2, -0.15) is 0 Å². The Kier molecular flexibility index (Phi) is 3.89. The van der Waals surface area contributed by atoms with Crippen molar-refractivity contribution in [2.45, 2.75) is 20.0 Å². The maximum Gasteiger partial charge on any atom is 0.127 e. The summed E-state index contributed by atoms with van der Waals surface area (Å²) in [6.45, 7) is 3.63. The van der Waals surface area contributed by atoms with E-state index in [-0.39, 0.29) is 0 Å². The molecule has 0 bridgehead atoms. The Hall–Kier alpha value is -2.85. The van der Waals surface area contributed by atoms with Gasteiger partial charge < -0.3 is 14.9 Å². The number of rotatable bonds is 5. The lowest BCUT2D eigenvalue weighted by molar-refractivity contribution is 0.656. The van der Waals surface area contributed by atoms with Gasteiger partial charge in [-0.3, -0.25) is 0 Å². The normalized spacial score (nSPS) is 11.2. The molecule has 0 radical (unpaired) electrons. The molecule has 0 aliphatic rings. The van der Waals surface area contributed by atoms with Crippen LogP contribution in [-0.2, 0) is 13.1 Å². The van der Waals surface area contributed by atoms with Gasteiger partial charge in [-0.25, -0.2) is 4.98 Å². The smallest absolute Gasteiger partial charge is 0.127 e. The van der Waals surface area contributed by atoms with E-state index in [0.29, 0.717) is 0 Å². The molecule has 0 aliphatic heterocycles. The van der Waals surface area contributed by atoms with Gasteiger partial charge in [-0.15, -0.1) is 0 Å². The highest BCUT2D eigenvalue weighted by Gasteiger charge is 2.06. The van der Waals surface area contributed by atoms with Gasteiger partial charge in [-0.1, -0.05) is 30.3 Å². The zero-order valence-electron chi connectivity index (χ0n) is 13.7. The molecular formula is C20H20N4. The first-order chi connectivity index (χ1) is 11.8. The summed E-state index contributed by atoms with van der Waals surface area (Å²) in [5, 5.41) is 4.80. The van der Waals surface area contributed by atoms with E-state index in [1.54, 1.807) is 0 Å². The minimum absolute atomic E-state index is 0.724. The molecule has 2 aromatic heterocycles. The SMILES string of the molecule is Cc1cc2c(CNCc3nccn3-c3ccccc3)cccc2[nH]1. The maximum absolute atomic E-state index is 4.48. The molecule has 0 fully saturated rings. The number of hydrogen-bond donors (Lipinski definition) is 2. The molecule has 24 heavy (non-hydrogen) atoms. The average Bonchev–Trinajstić information content (AvgIpc) is 3.21. The van der Waals surface area contributed by atoms with Crippen molar-refractivity contribution in [3.63, 3.8) is 0 Å². The third-order valence-corrected chi connectivity index (χ3v) is 4.24. The molecule has 0 saturated heterocycles. The Bertz CT molecular complexity index is 950. The zero-order chi connectivity index (χ0) is 16.4. The molecular weight excluding hydrogens is 296 g/mol. The molecule has 0 saturated carbocycles. The molecule has 4 aromatic rings. The number of nitrogens with zero attached hydrogens (tertiary/aromatic N) is 2. The van der Waals surface area contributed by atoms with Gasteiger partial charge in [0.05, 0.1) is 6.54 Å². The van der Waals surface area contributed by atoms with Crippen LogP contribution in [0.1, 0.15) is 17.1 Å². The second-order valence-corrected chi connectivity index (χ2v) is 5.98. The summed E-state index contributed by atoms with van der Waals surface area (Å²) < 4.78 is 2.12. The van der Waals surface area contributed by atoms with E-state index in [1.807, 2.05) is 30.6 Å². The summed E-state index contributed by atoms with van der Waals surface area (Å²) in [7, 11) is 0. The largest absolute Gasteiger partial charge is 0.359 e. The highest BCUT2D eigenvalue weighted by Crippen LogP contribution is 2.19. The van der Waals surface area contributed by atoms with Gasteiger partial charge in [-0.05, 0) is 36.8 Å². The van der Waals surface area contributed by atoms with Crippen LogP contribution < -0.4 is 5.32 Å². The van der Waals surface area contributed by atoms with Crippen LogP contribution in [0.25, 0.3) is 16.6 Å². The first-order valence-corrected chi connectivity index (χ1v) is 8.17. The van der Waals surface area contributed by atoms with Gasteiger partial charge in [0.25, 0.3) is 0 Å². The Balaban J connectivity index is 1.49. The molecule has 2 N–H and O–H groups in total. The number of para-hydroxylation sites is 1. The molecule has 4 nitrogen and oxygen atoms in total. The molecule has 0 amide bonds. The Labute approximate surface area is 141 Å². The fourth-order valence-electron chi connectivity index (χ4n) is 3.11. The van der Waals surface area contributed by atoms with Crippen molar-refractivity contribution in [3.8, 4) is 5.69 Å². The fraction of sp³-hybridized carbons (Fsp3) is 0.150. The lowest BCUT2D eigenvalue weighted by atomic mass is 10.1. The van der Waals surface area contributed by atoms with Crippen LogP contribution in [0.5, 0.6) is 0 Å². The van der Waals surface area contributed by atoms with Crippen molar-refractivity contribution in [2.75, 3.05) is 0 Å². The predicted octanol–water partition coefficient (Wildman–Crippen LogP) is 3.95. The van der Waals surface area contributed by atoms with E-state index < -0.39 is 0 Å². The third-order valence-electron chi connectivity index (χ3n) is 4.24. The molecule has 2 heterocycles. The lowest BCUT2D eigenvalue weighted by Gasteiger charge is -2.09. The zero-order valence-corrected chi connectivity index (χ0v) is 13.7. The summed E-state index contributed by atoms with van der Waals surface area (Å²) in [5.41, 5.74) is 4.82. The quantitative estimate of drug-likeness (QED) is 0.585. The number of benzene rings is 2. The lowest BCUT2D eigenvalue weighted by Crippen LogP contribution is -2.16. The molecule has 2 aromatic carbocycles. The van der Waals surface area contributed by atoms with Crippen LogP contribution in [0, 0.1) is 6.92 Å². The van der Waals surface area contributed by atoms with E-state index in [0.717, 1.165) is 24.6 Å². The van der Waals surface area contributed by atoms with Crippen LogP contribution in [0.2, 0.25) is 0 Å². The minimum atomic E-state index is 0.724. The van der Waals surface area contributed by atoms with Crippen LogP contribution in [0.3, 0.4) is 0 Å². The van der Waals surface area contributed by atoms with Gasteiger partial charge in [0, 0.05) is 41.2 Å². The van der Waals surface area contributed by atoms with E-state index in [1.165, 1.54) is 22.2 Å². The molecule has 0 unspecified atom stereocenters. The van der Waals surface area contributed by atoms with E-state index >= 15 is 0 Å². The third kappa shape index (κ3) is 2.84. The Morgan fingerprint density at radius 1 is 1.04 bits per heavy atom. The molecule has 0 aliphatic carbocycles. The number of aromatic nitrogens is 3. The standard InChI is InChI=1S/C20H20N4/c1-15-12-18-16(6-5-9-19(18)23-15)13-21-14-20-22-10-11-24(20)17-7-3-2-4-8-17/h2-12,21,23H,13-14H2,1H3. The van der Waals surface area contributed by atoms with Crippen molar-refractivity contribution >= 4 is 10.9 Å². The van der Waals surface area contributed by atoms with Crippen LogP contribution in [0.4, 0.5) is 0 Å². The Morgan fingerprint density at radius 2 is 1.92 bits per heavy atom. The summed E-state index contributed by atoms with van der Waals surface area (Å²) in [4.78, 5) is 7.87. The molecule has 4 heteroatoms. The first-order valence-electron chi connectivity index (χ1n) is 8.17. The highest BCUT2D eigenvalue weighted by molar-refractivity contribution is 5.83.